The van der Waals surface area contributed by atoms with Crippen molar-refractivity contribution in [2.24, 2.45) is 11.8 Å². The number of unbranched alkanes of at least 4 members (excludes halogenated alkanes) is 6. The Bertz CT molecular complexity index is 357. The number of hydrogen-bond donors (Lipinski definition) is 0. The second kappa shape index (κ2) is 14.3. The first-order valence-electron chi connectivity index (χ1n) is 12.6. The lowest BCUT2D eigenvalue weighted by Gasteiger charge is -2.30. The van der Waals surface area contributed by atoms with E-state index in [1.807, 2.05) is 0 Å². The van der Waals surface area contributed by atoms with E-state index in [4.69, 9.17) is 9.47 Å². The summed E-state index contributed by atoms with van der Waals surface area (Å²) in [4.78, 5) is 12.2. The Hall–Kier alpha value is -0.730. The molecule has 164 valence electrons. The highest BCUT2D eigenvalue weighted by Gasteiger charge is 2.27. The van der Waals surface area contributed by atoms with Gasteiger partial charge in [-0.15, -0.1) is 0 Å². The maximum Gasteiger partial charge on any atom is 0.508 e. The summed E-state index contributed by atoms with van der Waals surface area (Å²) in [5.74, 6) is 1.70. The quantitative estimate of drug-likeness (QED) is 0.247. The number of hydrogen-bond acceptors (Lipinski definition) is 3. The standard InChI is InChI=1S/C25H46O3/c1-3-5-7-9-11-21-13-17-23(18-14-21)27-25(26)28-24-19-15-22(16-20-24)12-10-8-6-4-2/h21-24H,3-20H2,1-2H3. The Kier molecular flexibility index (Phi) is 12.0. The predicted molar refractivity (Wildman–Crippen MR) is 117 cm³/mol. The molecular weight excluding hydrogens is 348 g/mol. The van der Waals surface area contributed by atoms with Gasteiger partial charge in [-0.3, -0.25) is 0 Å². The molecule has 0 radical (unpaired) electrons. The van der Waals surface area contributed by atoms with E-state index in [0.29, 0.717) is 0 Å². The summed E-state index contributed by atoms with van der Waals surface area (Å²) in [5.41, 5.74) is 0. The molecule has 0 aromatic carbocycles. The number of carbonyl (C=O) groups is 1. The van der Waals surface area contributed by atoms with Crippen LogP contribution in [-0.4, -0.2) is 18.4 Å². The largest absolute Gasteiger partial charge is 0.508 e. The van der Waals surface area contributed by atoms with Crippen LogP contribution in [0.5, 0.6) is 0 Å². The van der Waals surface area contributed by atoms with Gasteiger partial charge in [-0.25, -0.2) is 4.79 Å². The van der Waals surface area contributed by atoms with Crippen LogP contribution >= 0.6 is 0 Å². The summed E-state index contributed by atoms with van der Waals surface area (Å²) in [6, 6.07) is 0. The van der Waals surface area contributed by atoms with Crippen molar-refractivity contribution in [1.82, 2.24) is 0 Å². The molecular formula is C25H46O3. The highest BCUT2D eigenvalue weighted by atomic mass is 16.7. The Morgan fingerprint density at radius 3 is 1.36 bits per heavy atom. The Morgan fingerprint density at radius 2 is 1.00 bits per heavy atom. The van der Waals surface area contributed by atoms with Crippen molar-refractivity contribution in [3.63, 3.8) is 0 Å². The molecule has 0 bridgehead atoms. The normalized spacial score (nSPS) is 28.1. The topological polar surface area (TPSA) is 35.5 Å². The van der Waals surface area contributed by atoms with E-state index in [2.05, 4.69) is 13.8 Å². The first-order chi connectivity index (χ1) is 13.7. The van der Waals surface area contributed by atoms with Gasteiger partial charge in [-0.05, 0) is 63.2 Å². The van der Waals surface area contributed by atoms with Gasteiger partial charge < -0.3 is 9.47 Å². The fourth-order valence-electron chi connectivity index (χ4n) is 5.10. The average molecular weight is 395 g/mol. The molecule has 0 aliphatic heterocycles. The van der Waals surface area contributed by atoms with Gasteiger partial charge in [-0.1, -0.05) is 78.1 Å². The summed E-state index contributed by atoms with van der Waals surface area (Å²) in [6.07, 6.45) is 22.3. The second-order valence-electron chi connectivity index (χ2n) is 9.47. The molecule has 0 atom stereocenters. The minimum absolute atomic E-state index is 0.0919. The molecule has 0 spiro atoms. The number of rotatable bonds is 12. The molecule has 0 heterocycles. The SMILES string of the molecule is CCCCCCC1CCC(OC(=O)OC2CCC(CCCCCC)CC2)CC1. The zero-order chi connectivity index (χ0) is 20.0. The highest BCUT2D eigenvalue weighted by Crippen LogP contribution is 2.32. The number of ether oxygens (including phenoxy) is 2. The lowest BCUT2D eigenvalue weighted by atomic mass is 9.84. The van der Waals surface area contributed by atoms with Gasteiger partial charge in [0.1, 0.15) is 12.2 Å². The molecule has 3 heteroatoms. The van der Waals surface area contributed by atoms with Crippen molar-refractivity contribution in [2.45, 2.75) is 142 Å². The van der Waals surface area contributed by atoms with Gasteiger partial charge in [0.2, 0.25) is 0 Å². The van der Waals surface area contributed by atoms with E-state index in [1.165, 1.54) is 89.9 Å². The van der Waals surface area contributed by atoms with Crippen LogP contribution in [0.25, 0.3) is 0 Å². The molecule has 0 aromatic heterocycles. The van der Waals surface area contributed by atoms with Crippen molar-refractivity contribution in [3.05, 3.63) is 0 Å². The van der Waals surface area contributed by atoms with Crippen LogP contribution < -0.4 is 0 Å². The van der Waals surface area contributed by atoms with E-state index >= 15 is 0 Å². The van der Waals surface area contributed by atoms with Crippen LogP contribution in [0.1, 0.15) is 129 Å². The Labute approximate surface area is 174 Å². The Morgan fingerprint density at radius 1 is 0.607 bits per heavy atom. The summed E-state index contributed by atoms with van der Waals surface area (Å²) < 4.78 is 11.3. The molecule has 2 aliphatic rings. The van der Waals surface area contributed by atoms with Gasteiger partial charge in [0.15, 0.2) is 0 Å². The molecule has 0 amide bonds. The zero-order valence-corrected chi connectivity index (χ0v) is 18.8. The minimum Gasteiger partial charge on any atom is -0.431 e. The smallest absolute Gasteiger partial charge is 0.431 e. The maximum absolute atomic E-state index is 12.2. The minimum atomic E-state index is -0.405. The molecule has 0 aromatic rings. The van der Waals surface area contributed by atoms with Crippen molar-refractivity contribution >= 4 is 6.16 Å². The molecule has 0 saturated heterocycles. The fourth-order valence-corrected chi connectivity index (χ4v) is 5.10. The van der Waals surface area contributed by atoms with E-state index in [9.17, 15) is 4.79 Å². The summed E-state index contributed by atoms with van der Waals surface area (Å²) in [6.45, 7) is 4.53. The second-order valence-corrected chi connectivity index (χ2v) is 9.47. The van der Waals surface area contributed by atoms with Crippen LogP contribution in [0.3, 0.4) is 0 Å². The van der Waals surface area contributed by atoms with Crippen LogP contribution in [-0.2, 0) is 9.47 Å². The third-order valence-corrected chi connectivity index (χ3v) is 7.05. The molecule has 2 aliphatic carbocycles. The molecule has 2 saturated carbocycles. The van der Waals surface area contributed by atoms with Gasteiger partial charge >= 0.3 is 6.16 Å². The van der Waals surface area contributed by atoms with E-state index in [-0.39, 0.29) is 12.2 Å². The molecule has 0 unspecified atom stereocenters. The van der Waals surface area contributed by atoms with E-state index in [0.717, 1.165) is 37.5 Å². The fraction of sp³-hybridized carbons (Fsp3) is 0.960. The molecule has 0 N–H and O–H groups in total. The van der Waals surface area contributed by atoms with Gasteiger partial charge in [-0.2, -0.15) is 0 Å². The third kappa shape index (κ3) is 9.65. The van der Waals surface area contributed by atoms with Crippen LogP contribution in [0.2, 0.25) is 0 Å². The Balaban J connectivity index is 1.51. The molecule has 2 rings (SSSR count). The zero-order valence-electron chi connectivity index (χ0n) is 18.8. The number of carbonyl (C=O) groups excluding carboxylic acids is 1. The van der Waals surface area contributed by atoms with E-state index in [1.54, 1.807) is 0 Å². The van der Waals surface area contributed by atoms with Crippen molar-refractivity contribution in [3.8, 4) is 0 Å². The summed E-state index contributed by atoms with van der Waals surface area (Å²) >= 11 is 0. The lowest BCUT2D eigenvalue weighted by Crippen LogP contribution is -2.29. The predicted octanol–water partition coefficient (Wildman–Crippen LogP) is 8.20. The highest BCUT2D eigenvalue weighted by molar-refractivity contribution is 5.60. The molecule has 28 heavy (non-hydrogen) atoms. The van der Waals surface area contributed by atoms with Crippen molar-refractivity contribution < 1.29 is 14.3 Å². The van der Waals surface area contributed by atoms with E-state index < -0.39 is 6.16 Å². The molecule has 3 nitrogen and oxygen atoms in total. The first kappa shape index (κ1) is 23.5. The van der Waals surface area contributed by atoms with Crippen LogP contribution in [0.15, 0.2) is 0 Å². The van der Waals surface area contributed by atoms with Crippen LogP contribution in [0, 0.1) is 11.8 Å². The van der Waals surface area contributed by atoms with Gasteiger partial charge in [0.05, 0.1) is 0 Å². The van der Waals surface area contributed by atoms with Gasteiger partial charge in [0, 0.05) is 0 Å². The maximum atomic E-state index is 12.2. The molecule has 2 fully saturated rings. The third-order valence-electron chi connectivity index (χ3n) is 7.05. The average Bonchev–Trinajstić information content (AvgIpc) is 2.71. The first-order valence-corrected chi connectivity index (χ1v) is 12.6. The monoisotopic (exact) mass is 394 g/mol. The van der Waals surface area contributed by atoms with Gasteiger partial charge in [0.25, 0.3) is 0 Å². The summed E-state index contributed by atoms with van der Waals surface area (Å²) in [5, 5.41) is 0. The van der Waals surface area contributed by atoms with Crippen LogP contribution in [0.4, 0.5) is 4.79 Å². The summed E-state index contributed by atoms with van der Waals surface area (Å²) in [7, 11) is 0. The van der Waals surface area contributed by atoms with Crippen molar-refractivity contribution in [2.75, 3.05) is 0 Å². The lowest BCUT2D eigenvalue weighted by molar-refractivity contribution is -0.0264. The van der Waals surface area contributed by atoms with Crippen molar-refractivity contribution in [1.29, 1.82) is 0 Å².